The first-order valence-corrected chi connectivity index (χ1v) is 5.99. The van der Waals surface area contributed by atoms with Crippen LogP contribution in [-0.2, 0) is 0 Å². The van der Waals surface area contributed by atoms with Crippen LogP contribution in [0.25, 0.3) is 0 Å². The SMILES string of the molecule is CCC(O)(CC)CN(C)c1ccccc1C#N. The van der Waals surface area contributed by atoms with Gasteiger partial charge in [0.05, 0.1) is 16.9 Å². The maximum Gasteiger partial charge on any atom is 0.101 e. The number of nitrogens with zero attached hydrogens (tertiary/aromatic N) is 2. The van der Waals surface area contributed by atoms with Crippen LogP contribution in [0.1, 0.15) is 32.3 Å². The molecule has 0 amide bonds. The summed E-state index contributed by atoms with van der Waals surface area (Å²) in [6.45, 7) is 4.50. The molecule has 0 aliphatic rings. The largest absolute Gasteiger partial charge is 0.388 e. The Morgan fingerprint density at radius 1 is 1.29 bits per heavy atom. The van der Waals surface area contributed by atoms with Crippen molar-refractivity contribution < 1.29 is 5.11 Å². The van der Waals surface area contributed by atoms with Crippen molar-refractivity contribution in [3.63, 3.8) is 0 Å². The van der Waals surface area contributed by atoms with Crippen molar-refractivity contribution in [3.8, 4) is 6.07 Å². The number of hydrogen-bond acceptors (Lipinski definition) is 3. The van der Waals surface area contributed by atoms with Gasteiger partial charge in [0.2, 0.25) is 0 Å². The quantitative estimate of drug-likeness (QED) is 0.848. The normalized spacial score (nSPS) is 11.0. The van der Waals surface area contributed by atoms with Crippen molar-refractivity contribution in [2.45, 2.75) is 32.3 Å². The summed E-state index contributed by atoms with van der Waals surface area (Å²) in [7, 11) is 1.91. The molecule has 0 spiro atoms. The van der Waals surface area contributed by atoms with Gasteiger partial charge in [0, 0.05) is 13.6 Å². The van der Waals surface area contributed by atoms with Crippen LogP contribution in [0.5, 0.6) is 0 Å². The molecule has 1 aromatic rings. The number of aliphatic hydroxyl groups is 1. The number of likely N-dealkylation sites (N-methyl/N-ethyl adjacent to an activating group) is 1. The molecule has 17 heavy (non-hydrogen) atoms. The van der Waals surface area contributed by atoms with Crippen LogP contribution >= 0.6 is 0 Å². The van der Waals surface area contributed by atoms with E-state index in [1.165, 1.54) is 0 Å². The fourth-order valence-corrected chi connectivity index (χ4v) is 1.90. The number of hydrogen-bond donors (Lipinski definition) is 1. The molecular weight excluding hydrogens is 212 g/mol. The van der Waals surface area contributed by atoms with Crippen molar-refractivity contribution in [1.29, 1.82) is 5.26 Å². The number of anilines is 1. The Balaban J connectivity index is 2.90. The number of nitriles is 1. The third-order valence-electron chi connectivity index (χ3n) is 3.28. The van der Waals surface area contributed by atoms with Crippen molar-refractivity contribution in [1.82, 2.24) is 0 Å². The van der Waals surface area contributed by atoms with E-state index >= 15 is 0 Å². The van der Waals surface area contributed by atoms with Crippen LogP contribution in [0, 0.1) is 11.3 Å². The van der Waals surface area contributed by atoms with Crippen LogP contribution in [0.2, 0.25) is 0 Å². The van der Waals surface area contributed by atoms with Crippen LogP contribution in [0.4, 0.5) is 5.69 Å². The summed E-state index contributed by atoms with van der Waals surface area (Å²) in [4.78, 5) is 1.95. The van der Waals surface area contributed by atoms with Crippen LogP contribution in [-0.4, -0.2) is 24.3 Å². The summed E-state index contributed by atoms with van der Waals surface area (Å²) in [5.74, 6) is 0. The van der Waals surface area contributed by atoms with Gasteiger partial charge in [0.1, 0.15) is 6.07 Å². The lowest BCUT2D eigenvalue weighted by molar-refractivity contribution is 0.0404. The van der Waals surface area contributed by atoms with E-state index in [0.717, 1.165) is 5.69 Å². The molecule has 0 bridgehead atoms. The minimum absolute atomic E-state index is 0.540. The Kier molecular flexibility index (Phi) is 4.53. The van der Waals surface area contributed by atoms with Gasteiger partial charge in [0.15, 0.2) is 0 Å². The zero-order valence-corrected chi connectivity index (χ0v) is 10.8. The van der Waals surface area contributed by atoms with E-state index in [0.29, 0.717) is 24.9 Å². The predicted molar refractivity (Wildman–Crippen MR) is 70.0 cm³/mol. The number of para-hydroxylation sites is 1. The molecule has 1 aromatic carbocycles. The fraction of sp³-hybridized carbons (Fsp3) is 0.500. The minimum Gasteiger partial charge on any atom is -0.388 e. The van der Waals surface area contributed by atoms with E-state index in [1.807, 2.05) is 44.0 Å². The Labute approximate surface area is 103 Å². The smallest absolute Gasteiger partial charge is 0.101 e. The van der Waals surface area contributed by atoms with Crippen molar-refractivity contribution in [2.24, 2.45) is 0 Å². The molecule has 1 rings (SSSR count). The Bertz CT molecular complexity index is 405. The summed E-state index contributed by atoms with van der Waals surface area (Å²) in [5, 5.41) is 19.3. The molecule has 3 nitrogen and oxygen atoms in total. The Morgan fingerprint density at radius 3 is 2.41 bits per heavy atom. The van der Waals surface area contributed by atoms with Gasteiger partial charge in [-0.1, -0.05) is 26.0 Å². The molecule has 0 radical (unpaired) electrons. The third kappa shape index (κ3) is 3.21. The van der Waals surface area contributed by atoms with Crippen LogP contribution in [0.15, 0.2) is 24.3 Å². The summed E-state index contributed by atoms with van der Waals surface area (Å²) in [6.07, 6.45) is 1.42. The monoisotopic (exact) mass is 232 g/mol. The van der Waals surface area contributed by atoms with E-state index in [-0.39, 0.29) is 0 Å². The van der Waals surface area contributed by atoms with Gasteiger partial charge in [-0.15, -0.1) is 0 Å². The standard InChI is InChI=1S/C14H20N2O/c1-4-14(17,5-2)11-16(3)13-9-7-6-8-12(13)10-15/h6-9,17H,4-5,11H2,1-3H3. The zero-order valence-electron chi connectivity index (χ0n) is 10.8. The molecule has 0 atom stereocenters. The summed E-state index contributed by atoms with van der Waals surface area (Å²) in [5.41, 5.74) is 0.831. The van der Waals surface area contributed by atoms with E-state index in [2.05, 4.69) is 6.07 Å². The molecule has 0 fully saturated rings. The lowest BCUT2D eigenvalue weighted by Crippen LogP contribution is -2.40. The van der Waals surface area contributed by atoms with E-state index in [9.17, 15) is 5.11 Å². The van der Waals surface area contributed by atoms with Gasteiger partial charge in [-0.3, -0.25) is 0 Å². The Morgan fingerprint density at radius 2 is 1.88 bits per heavy atom. The van der Waals surface area contributed by atoms with Crippen LogP contribution < -0.4 is 4.90 Å². The van der Waals surface area contributed by atoms with Gasteiger partial charge in [-0.05, 0) is 25.0 Å². The molecular formula is C14H20N2O. The van der Waals surface area contributed by atoms with E-state index in [1.54, 1.807) is 6.07 Å². The molecule has 92 valence electrons. The van der Waals surface area contributed by atoms with Crippen molar-refractivity contribution >= 4 is 5.69 Å². The molecule has 0 heterocycles. The molecule has 0 aliphatic heterocycles. The zero-order chi connectivity index (χ0) is 12.9. The molecule has 0 unspecified atom stereocenters. The minimum atomic E-state index is -0.683. The average molecular weight is 232 g/mol. The maximum absolute atomic E-state index is 10.3. The highest BCUT2D eigenvalue weighted by Gasteiger charge is 2.24. The summed E-state index contributed by atoms with van der Waals surface area (Å²) < 4.78 is 0. The van der Waals surface area contributed by atoms with Gasteiger partial charge in [0.25, 0.3) is 0 Å². The molecule has 0 saturated carbocycles. The lowest BCUT2D eigenvalue weighted by atomic mass is 9.96. The first-order valence-electron chi connectivity index (χ1n) is 5.99. The van der Waals surface area contributed by atoms with E-state index < -0.39 is 5.60 Å². The topological polar surface area (TPSA) is 47.3 Å². The highest BCUT2D eigenvalue weighted by atomic mass is 16.3. The second kappa shape index (κ2) is 5.70. The van der Waals surface area contributed by atoms with Gasteiger partial charge < -0.3 is 10.0 Å². The van der Waals surface area contributed by atoms with E-state index in [4.69, 9.17) is 5.26 Å². The number of benzene rings is 1. The second-order valence-electron chi connectivity index (χ2n) is 4.42. The van der Waals surface area contributed by atoms with Gasteiger partial charge in [-0.25, -0.2) is 0 Å². The second-order valence-corrected chi connectivity index (χ2v) is 4.42. The highest BCUT2D eigenvalue weighted by molar-refractivity contribution is 5.58. The van der Waals surface area contributed by atoms with Crippen molar-refractivity contribution in [3.05, 3.63) is 29.8 Å². The first kappa shape index (κ1) is 13.5. The fourth-order valence-electron chi connectivity index (χ4n) is 1.90. The summed E-state index contributed by atoms with van der Waals surface area (Å²) >= 11 is 0. The Hall–Kier alpha value is -1.53. The maximum atomic E-state index is 10.3. The van der Waals surface area contributed by atoms with Crippen molar-refractivity contribution in [2.75, 3.05) is 18.5 Å². The highest BCUT2D eigenvalue weighted by Crippen LogP contribution is 2.23. The average Bonchev–Trinajstić information content (AvgIpc) is 2.38. The predicted octanol–water partition coefficient (Wildman–Crippen LogP) is 2.55. The molecule has 3 heteroatoms. The molecule has 1 N–H and O–H groups in total. The molecule has 0 saturated heterocycles. The third-order valence-corrected chi connectivity index (χ3v) is 3.28. The summed E-state index contributed by atoms with van der Waals surface area (Å²) in [6, 6.07) is 9.63. The first-order chi connectivity index (χ1) is 8.06. The van der Waals surface area contributed by atoms with Gasteiger partial charge >= 0.3 is 0 Å². The molecule has 0 aliphatic carbocycles. The molecule has 0 aromatic heterocycles. The van der Waals surface area contributed by atoms with Gasteiger partial charge in [-0.2, -0.15) is 5.26 Å². The lowest BCUT2D eigenvalue weighted by Gasteiger charge is -2.32. The van der Waals surface area contributed by atoms with Crippen LogP contribution in [0.3, 0.4) is 0 Å². The number of rotatable bonds is 5.